The number of likely N-dealkylation sites (tertiary alicyclic amines) is 1. The van der Waals surface area contributed by atoms with Crippen molar-refractivity contribution < 1.29 is 14.7 Å². The van der Waals surface area contributed by atoms with E-state index in [1.165, 1.54) is 0 Å². The maximum atomic E-state index is 10.9. The van der Waals surface area contributed by atoms with Gasteiger partial charge in [-0.3, -0.25) is 9.59 Å². The van der Waals surface area contributed by atoms with Crippen molar-refractivity contribution in [3.63, 3.8) is 0 Å². The molecule has 2 N–H and O–H groups in total. The van der Waals surface area contributed by atoms with Gasteiger partial charge in [-0.25, -0.2) is 0 Å². The number of aliphatic carboxylic acids is 1. The zero-order valence-electron chi connectivity index (χ0n) is 9.03. The SMILES string of the molecule is CNC(=O)CCCN1CC(CC(=O)O)C1. The van der Waals surface area contributed by atoms with Gasteiger partial charge in [-0.05, 0) is 18.9 Å². The van der Waals surface area contributed by atoms with Gasteiger partial charge in [-0.2, -0.15) is 0 Å². The van der Waals surface area contributed by atoms with E-state index < -0.39 is 5.97 Å². The molecule has 1 heterocycles. The third-order valence-corrected chi connectivity index (χ3v) is 2.65. The molecule has 15 heavy (non-hydrogen) atoms. The number of nitrogens with zero attached hydrogens (tertiary/aromatic N) is 1. The molecule has 5 nitrogen and oxygen atoms in total. The Morgan fingerprint density at radius 1 is 1.47 bits per heavy atom. The summed E-state index contributed by atoms with van der Waals surface area (Å²) in [4.78, 5) is 23.5. The highest BCUT2D eigenvalue weighted by atomic mass is 16.4. The first-order valence-corrected chi connectivity index (χ1v) is 5.26. The van der Waals surface area contributed by atoms with Gasteiger partial charge >= 0.3 is 5.97 Å². The third-order valence-electron chi connectivity index (χ3n) is 2.65. The van der Waals surface area contributed by atoms with Crippen molar-refractivity contribution in [1.82, 2.24) is 10.2 Å². The van der Waals surface area contributed by atoms with Crippen molar-refractivity contribution in [1.29, 1.82) is 0 Å². The summed E-state index contributed by atoms with van der Waals surface area (Å²) in [5, 5.41) is 11.1. The first-order valence-electron chi connectivity index (χ1n) is 5.26. The van der Waals surface area contributed by atoms with Crippen LogP contribution in [0.25, 0.3) is 0 Å². The van der Waals surface area contributed by atoms with Crippen LogP contribution in [0, 0.1) is 5.92 Å². The van der Waals surface area contributed by atoms with Gasteiger partial charge in [0.15, 0.2) is 0 Å². The summed E-state index contributed by atoms with van der Waals surface area (Å²) in [6, 6.07) is 0. The summed E-state index contributed by atoms with van der Waals surface area (Å²) in [5.74, 6) is -0.342. The molecule has 1 aliphatic rings. The van der Waals surface area contributed by atoms with E-state index in [1.807, 2.05) is 0 Å². The normalized spacial score (nSPS) is 17.1. The lowest BCUT2D eigenvalue weighted by atomic mass is 9.96. The van der Waals surface area contributed by atoms with Crippen molar-refractivity contribution in [2.45, 2.75) is 19.3 Å². The van der Waals surface area contributed by atoms with Crippen LogP contribution < -0.4 is 5.32 Å². The highest BCUT2D eigenvalue weighted by molar-refractivity contribution is 5.75. The summed E-state index contributed by atoms with van der Waals surface area (Å²) in [7, 11) is 1.63. The highest BCUT2D eigenvalue weighted by Crippen LogP contribution is 2.19. The molecule has 0 aliphatic carbocycles. The first kappa shape index (κ1) is 12.0. The largest absolute Gasteiger partial charge is 0.481 e. The van der Waals surface area contributed by atoms with Gasteiger partial charge < -0.3 is 15.3 Å². The van der Waals surface area contributed by atoms with Gasteiger partial charge in [0.2, 0.25) is 5.91 Å². The van der Waals surface area contributed by atoms with E-state index in [-0.39, 0.29) is 12.3 Å². The minimum atomic E-state index is -0.718. The minimum Gasteiger partial charge on any atom is -0.481 e. The van der Waals surface area contributed by atoms with Gasteiger partial charge in [0.25, 0.3) is 0 Å². The van der Waals surface area contributed by atoms with Crippen molar-refractivity contribution in [2.24, 2.45) is 5.92 Å². The second kappa shape index (κ2) is 5.70. The number of hydrogen-bond donors (Lipinski definition) is 2. The van der Waals surface area contributed by atoms with Gasteiger partial charge in [0.1, 0.15) is 0 Å². The van der Waals surface area contributed by atoms with Crippen molar-refractivity contribution in [2.75, 3.05) is 26.7 Å². The second-order valence-corrected chi connectivity index (χ2v) is 4.00. The van der Waals surface area contributed by atoms with Gasteiger partial charge in [-0.15, -0.1) is 0 Å². The summed E-state index contributed by atoms with van der Waals surface area (Å²) in [6.45, 7) is 2.61. The second-order valence-electron chi connectivity index (χ2n) is 4.00. The van der Waals surface area contributed by atoms with E-state index >= 15 is 0 Å². The van der Waals surface area contributed by atoms with Gasteiger partial charge in [0, 0.05) is 26.6 Å². The Morgan fingerprint density at radius 3 is 2.67 bits per heavy atom. The average molecular weight is 214 g/mol. The van der Waals surface area contributed by atoms with E-state index in [0.717, 1.165) is 26.1 Å². The number of nitrogens with one attached hydrogen (secondary N) is 1. The third kappa shape index (κ3) is 4.29. The molecule has 5 heteroatoms. The number of carbonyl (C=O) groups is 2. The monoisotopic (exact) mass is 214 g/mol. The molecular weight excluding hydrogens is 196 g/mol. The van der Waals surface area contributed by atoms with Crippen LogP contribution in [0.15, 0.2) is 0 Å². The van der Waals surface area contributed by atoms with Gasteiger partial charge in [-0.1, -0.05) is 0 Å². The van der Waals surface area contributed by atoms with Crippen molar-refractivity contribution >= 4 is 11.9 Å². The Hall–Kier alpha value is -1.10. The molecule has 0 spiro atoms. The van der Waals surface area contributed by atoms with Crippen LogP contribution in [-0.4, -0.2) is 48.6 Å². The van der Waals surface area contributed by atoms with Crippen LogP contribution in [0.1, 0.15) is 19.3 Å². The lowest BCUT2D eigenvalue weighted by molar-refractivity contribution is -0.139. The first-order chi connectivity index (χ1) is 7.11. The molecule has 0 saturated carbocycles. The van der Waals surface area contributed by atoms with Gasteiger partial charge in [0.05, 0.1) is 6.42 Å². The van der Waals surface area contributed by atoms with Crippen LogP contribution in [-0.2, 0) is 9.59 Å². The van der Waals surface area contributed by atoms with Crippen LogP contribution in [0.4, 0.5) is 0 Å². The predicted molar refractivity (Wildman–Crippen MR) is 55.5 cm³/mol. The molecule has 0 aromatic rings. The highest BCUT2D eigenvalue weighted by Gasteiger charge is 2.27. The molecule has 1 aliphatic heterocycles. The lowest BCUT2D eigenvalue weighted by Gasteiger charge is -2.38. The van der Waals surface area contributed by atoms with Crippen molar-refractivity contribution in [3.8, 4) is 0 Å². The van der Waals surface area contributed by atoms with Crippen LogP contribution in [0.5, 0.6) is 0 Å². The number of carboxylic acid groups (broad SMARTS) is 1. The standard InChI is InChI=1S/C10H18N2O3/c1-11-9(13)3-2-4-12-6-8(7-12)5-10(14)15/h8H,2-7H2,1H3,(H,11,13)(H,14,15). The Kier molecular flexibility index (Phi) is 4.55. The Labute approximate surface area is 89.4 Å². The van der Waals surface area contributed by atoms with Crippen LogP contribution in [0.2, 0.25) is 0 Å². The molecule has 0 unspecified atom stereocenters. The molecule has 0 bridgehead atoms. The summed E-state index contributed by atoms with van der Waals surface area (Å²) in [6.07, 6.45) is 1.67. The number of carboxylic acids is 1. The molecule has 1 rings (SSSR count). The molecule has 1 saturated heterocycles. The minimum absolute atomic E-state index is 0.0672. The fourth-order valence-corrected chi connectivity index (χ4v) is 1.82. The molecular formula is C10H18N2O3. The maximum Gasteiger partial charge on any atom is 0.303 e. The fourth-order valence-electron chi connectivity index (χ4n) is 1.82. The molecule has 0 aromatic heterocycles. The predicted octanol–water partition coefficient (Wildman–Crippen LogP) is -0.0809. The maximum absolute atomic E-state index is 10.9. The quantitative estimate of drug-likeness (QED) is 0.649. The Bertz CT molecular complexity index is 237. The number of carbonyl (C=O) groups excluding carboxylic acids is 1. The number of hydrogen-bond acceptors (Lipinski definition) is 3. The topological polar surface area (TPSA) is 69.6 Å². The molecule has 1 fully saturated rings. The molecule has 0 radical (unpaired) electrons. The summed E-state index contributed by atoms with van der Waals surface area (Å²) >= 11 is 0. The molecule has 1 amide bonds. The summed E-state index contributed by atoms with van der Waals surface area (Å²) in [5.41, 5.74) is 0. The van der Waals surface area contributed by atoms with Crippen LogP contribution in [0.3, 0.4) is 0 Å². The lowest BCUT2D eigenvalue weighted by Crippen LogP contribution is -2.47. The van der Waals surface area contributed by atoms with E-state index in [9.17, 15) is 9.59 Å². The molecule has 0 atom stereocenters. The number of amides is 1. The van der Waals surface area contributed by atoms with Crippen LogP contribution >= 0.6 is 0 Å². The Morgan fingerprint density at radius 2 is 2.13 bits per heavy atom. The fraction of sp³-hybridized carbons (Fsp3) is 0.800. The van der Waals surface area contributed by atoms with E-state index in [2.05, 4.69) is 10.2 Å². The van der Waals surface area contributed by atoms with E-state index in [0.29, 0.717) is 12.3 Å². The average Bonchev–Trinajstić information content (AvgIpc) is 2.12. The summed E-state index contributed by atoms with van der Waals surface area (Å²) < 4.78 is 0. The van der Waals surface area contributed by atoms with E-state index in [1.54, 1.807) is 7.05 Å². The smallest absolute Gasteiger partial charge is 0.303 e. The van der Waals surface area contributed by atoms with E-state index in [4.69, 9.17) is 5.11 Å². The molecule has 0 aromatic carbocycles. The Balaban J connectivity index is 1.98. The molecule has 86 valence electrons. The zero-order valence-corrected chi connectivity index (χ0v) is 9.03. The zero-order chi connectivity index (χ0) is 11.3. The number of rotatable bonds is 6. The van der Waals surface area contributed by atoms with Crippen molar-refractivity contribution in [3.05, 3.63) is 0 Å².